The van der Waals surface area contributed by atoms with Crippen LogP contribution in [0.5, 0.6) is 0 Å². The quantitative estimate of drug-likeness (QED) is 0.548. The minimum atomic E-state index is -3.67. The SMILES string of the molecule is CC(C)[C@@H](NC(=O)Cc1ccccc1)C(=O)N1CCN(S(=O)(=O)c2ccc3ccccc3c2)CC1. The normalized spacial score (nSPS) is 15.8. The Morgan fingerprint density at radius 1 is 0.857 bits per heavy atom. The van der Waals surface area contributed by atoms with Crippen molar-refractivity contribution in [1.82, 2.24) is 14.5 Å². The number of benzene rings is 3. The fraction of sp³-hybridized carbons (Fsp3) is 0.333. The maximum Gasteiger partial charge on any atom is 0.245 e. The lowest BCUT2D eigenvalue weighted by Gasteiger charge is -2.36. The third-order valence-electron chi connectivity index (χ3n) is 6.37. The van der Waals surface area contributed by atoms with Crippen LogP contribution in [0.4, 0.5) is 0 Å². The highest BCUT2D eigenvalue weighted by Gasteiger charge is 2.34. The van der Waals surface area contributed by atoms with Crippen LogP contribution in [0, 0.1) is 5.92 Å². The zero-order valence-corrected chi connectivity index (χ0v) is 20.9. The van der Waals surface area contributed by atoms with Gasteiger partial charge >= 0.3 is 0 Å². The number of carbonyl (C=O) groups excluding carboxylic acids is 2. The van der Waals surface area contributed by atoms with Crippen LogP contribution < -0.4 is 5.32 Å². The predicted molar refractivity (Wildman–Crippen MR) is 136 cm³/mol. The van der Waals surface area contributed by atoms with Gasteiger partial charge in [-0.1, -0.05) is 74.5 Å². The summed E-state index contributed by atoms with van der Waals surface area (Å²) in [6.45, 7) is 4.78. The number of carbonyl (C=O) groups is 2. The van der Waals surface area contributed by atoms with E-state index >= 15 is 0 Å². The fourth-order valence-corrected chi connectivity index (χ4v) is 5.80. The second kappa shape index (κ2) is 10.6. The highest BCUT2D eigenvalue weighted by Crippen LogP contribution is 2.23. The average Bonchev–Trinajstić information content (AvgIpc) is 2.87. The summed E-state index contributed by atoms with van der Waals surface area (Å²) in [7, 11) is -3.67. The monoisotopic (exact) mass is 493 g/mol. The van der Waals surface area contributed by atoms with E-state index in [0.29, 0.717) is 0 Å². The molecule has 3 aromatic carbocycles. The van der Waals surface area contributed by atoms with Crippen LogP contribution in [-0.4, -0.2) is 61.7 Å². The minimum absolute atomic E-state index is 0.0958. The van der Waals surface area contributed by atoms with Crippen molar-refractivity contribution in [3.8, 4) is 0 Å². The molecule has 1 fully saturated rings. The number of piperazine rings is 1. The number of hydrogen-bond donors (Lipinski definition) is 1. The van der Waals surface area contributed by atoms with Crippen molar-refractivity contribution in [2.75, 3.05) is 26.2 Å². The van der Waals surface area contributed by atoms with Crippen LogP contribution in [0.2, 0.25) is 0 Å². The first-order chi connectivity index (χ1) is 16.8. The van der Waals surface area contributed by atoms with Crippen LogP contribution in [-0.2, 0) is 26.0 Å². The Kier molecular flexibility index (Phi) is 7.52. The molecule has 1 N–H and O–H groups in total. The molecule has 1 aliphatic heterocycles. The molecule has 0 radical (unpaired) electrons. The molecule has 0 spiro atoms. The molecule has 0 bridgehead atoms. The number of rotatable bonds is 7. The first-order valence-corrected chi connectivity index (χ1v) is 13.3. The summed E-state index contributed by atoms with van der Waals surface area (Å²) in [5, 5.41) is 4.74. The summed E-state index contributed by atoms with van der Waals surface area (Å²) in [5.41, 5.74) is 0.882. The summed E-state index contributed by atoms with van der Waals surface area (Å²) in [4.78, 5) is 27.7. The Labute approximate surface area is 206 Å². The Bertz CT molecular complexity index is 1300. The Balaban J connectivity index is 1.39. The molecule has 35 heavy (non-hydrogen) atoms. The molecule has 0 aliphatic carbocycles. The van der Waals surface area contributed by atoms with Gasteiger partial charge in [0.25, 0.3) is 0 Å². The van der Waals surface area contributed by atoms with Gasteiger partial charge in [-0.05, 0) is 34.4 Å². The maximum absolute atomic E-state index is 13.2. The highest BCUT2D eigenvalue weighted by atomic mass is 32.2. The first kappa shape index (κ1) is 24.9. The van der Waals surface area contributed by atoms with Gasteiger partial charge in [-0.15, -0.1) is 0 Å². The molecule has 0 unspecified atom stereocenters. The second-order valence-corrected chi connectivity index (χ2v) is 11.1. The summed E-state index contributed by atoms with van der Waals surface area (Å²) in [6, 6.07) is 21.5. The molecule has 2 amide bonds. The second-order valence-electron chi connectivity index (χ2n) is 9.19. The molecular weight excluding hydrogens is 462 g/mol. The van der Waals surface area contributed by atoms with Crippen LogP contribution in [0.15, 0.2) is 77.7 Å². The lowest BCUT2D eigenvalue weighted by atomic mass is 10.0. The van der Waals surface area contributed by atoms with Crippen molar-refractivity contribution in [1.29, 1.82) is 0 Å². The largest absolute Gasteiger partial charge is 0.344 e. The molecule has 184 valence electrons. The number of nitrogens with zero attached hydrogens (tertiary/aromatic N) is 2. The van der Waals surface area contributed by atoms with Gasteiger partial charge < -0.3 is 10.2 Å². The van der Waals surface area contributed by atoms with Gasteiger partial charge in [0.15, 0.2) is 0 Å². The van der Waals surface area contributed by atoms with E-state index in [2.05, 4.69) is 5.32 Å². The van der Waals surface area contributed by atoms with Crippen molar-refractivity contribution < 1.29 is 18.0 Å². The summed E-state index contributed by atoms with van der Waals surface area (Å²) < 4.78 is 27.9. The average molecular weight is 494 g/mol. The summed E-state index contributed by atoms with van der Waals surface area (Å²) >= 11 is 0. The molecule has 1 aliphatic rings. The molecular formula is C27H31N3O4S. The van der Waals surface area contributed by atoms with Crippen molar-refractivity contribution in [2.24, 2.45) is 5.92 Å². The minimum Gasteiger partial charge on any atom is -0.344 e. The zero-order chi connectivity index (χ0) is 25.0. The Morgan fingerprint density at radius 3 is 2.14 bits per heavy atom. The predicted octanol–water partition coefficient (Wildman–Crippen LogP) is 3.06. The van der Waals surface area contributed by atoms with E-state index in [1.807, 2.05) is 74.5 Å². The van der Waals surface area contributed by atoms with E-state index in [4.69, 9.17) is 0 Å². The van der Waals surface area contributed by atoms with Crippen molar-refractivity contribution in [2.45, 2.75) is 31.2 Å². The van der Waals surface area contributed by atoms with E-state index in [1.54, 1.807) is 17.0 Å². The molecule has 8 heteroatoms. The van der Waals surface area contributed by atoms with Gasteiger partial charge in [0.1, 0.15) is 6.04 Å². The van der Waals surface area contributed by atoms with E-state index in [1.165, 1.54) is 4.31 Å². The lowest BCUT2D eigenvalue weighted by molar-refractivity contribution is -0.138. The van der Waals surface area contributed by atoms with E-state index in [0.717, 1.165) is 16.3 Å². The molecule has 0 aromatic heterocycles. The zero-order valence-electron chi connectivity index (χ0n) is 20.1. The molecule has 1 heterocycles. The van der Waals surface area contributed by atoms with Gasteiger partial charge in [-0.2, -0.15) is 4.31 Å². The van der Waals surface area contributed by atoms with Gasteiger partial charge in [0.2, 0.25) is 21.8 Å². The lowest BCUT2D eigenvalue weighted by Crippen LogP contribution is -2.57. The molecule has 1 saturated heterocycles. The van der Waals surface area contributed by atoms with E-state index in [9.17, 15) is 18.0 Å². The molecule has 7 nitrogen and oxygen atoms in total. The standard InChI is InChI=1S/C27H31N3O4S/c1-20(2)26(28-25(31)18-21-8-4-3-5-9-21)27(32)29-14-16-30(17-15-29)35(33,34)24-13-12-22-10-6-7-11-23(22)19-24/h3-13,19-20,26H,14-18H2,1-2H3,(H,28,31)/t26-/m1/s1. The van der Waals surface area contributed by atoms with Gasteiger partial charge in [0.05, 0.1) is 11.3 Å². The molecule has 1 atom stereocenters. The summed E-state index contributed by atoms with van der Waals surface area (Å²) in [6.07, 6.45) is 0.203. The molecule has 0 saturated carbocycles. The Morgan fingerprint density at radius 2 is 1.49 bits per heavy atom. The van der Waals surface area contributed by atoms with Gasteiger partial charge in [-0.25, -0.2) is 8.42 Å². The third kappa shape index (κ3) is 5.71. The smallest absolute Gasteiger partial charge is 0.245 e. The van der Waals surface area contributed by atoms with E-state index in [-0.39, 0.29) is 55.2 Å². The maximum atomic E-state index is 13.2. The number of nitrogens with one attached hydrogen (secondary N) is 1. The van der Waals surface area contributed by atoms with Gasteiger partial charge in [0, 0.05) is 26.2 Å². The van der Waals surface area contributed by atoms with Crippen molar-refractivity contribution in [3.05, 3.63) is 78.4 Å². The summed E-state index contributed by atoms with van der Waals surface area (Å²) in [5.74, 6) is -0.480. The number of fused-ring (bicyclic) bond motifs is 1. The van der Waals surface area contributed by atoms with Crippen molar-refractivity contribution in [3.63, 3.8) is 0 Å². The van der Waals surface area contributed by atoms with Crippen LogP contribution >= 0.6 is 0 Å². The topological polar surface area (TPSA) is 86.8 Å². The first-order valence-electron chi connectivity index (χ1n) is 11.9. The Hall–Kier alpha value is -3.23. The van der Waals surface area contributed by atoms with Gasteiger partial charge in [-0.3, -0.25) is 9.59 Å². The van der Waals surface area contributed by atoms with Crippen LogP contribution in [0.25, 0.3) is 10.8 Å². The van der Waals surface area contributed by atoms with Crippen molar-refractivity contribution >= 4 is 32.6 Å². The molecule has 3 aromatic rings. The number of sulfonamides is 1. The van der Waals surface area contributed by atoms with Crippen LogP contribution in [0.3, 0.4) is 0 Å². The number of hydrogen-bond acceptors (Lipinski definition) is 4. The van der Waals surface area contributed by atoms with E-state index < -0.39 is 16.1 Å². The third-order valence-corrected chi connectivity index (χ3v) is 8.26. The number of amides is 2. The molecule has 4 rings (SSSR count). The highest BCUT2D eigenvalue weighted by molar-refractivity contribution is 7.89. The van der Waals surface area contributed by atoms with Crippen LogP contribution in [0.1, 0.15) is 19.4 Å². The fourth-order valence-electron chi connectivity index (χ4n) is 4.34.